The number of aryl methyl sites for hydroxylation is 1. The predicted octanol–water partition coefficient (Wildman–Crippen LogP) is 1.89. The fourth-order valence-electron chi connectivity index (χ4n) is 3.07. The second-order valence-electron chi connectivity index (χ2n) is 6.44. The molecule has 1 aliphatic rings. The Hall–Kier alpha value is -2.06. The Morgan fingerprint density at radius 3 is 2.78 bits per heavy atom. The van der Waals surface area contributed by atoms with Crippen molar-refractivity contribution in [2.24, 2.45) is 0 Å². The van der Waals surface area contributed by atoms with Gasteiger partial charge in [0.25, 0.3) is 0 Å². The average molecular weight is 390 g/mol. The summed E-state index contributed by atoms with van der Waals surface area (Å²) in [6, 6.07) is 8.26. The first-order chi connectivity index (χ1) is 13.2. The lowest BCUT2D eigenvalue weighted by Crippen LogP contribution is -2.38. The van der Waals surface area contributed by atoms with E-state index in [1.54, 1.807) is 0 Å². The van der Waals surface area contributed by atoms with E-state index in [0.717, 1.165) is 37.2 Å². The van der Waals surface area contributed by atoms with Crippen LogP contribution >= 0.6 is 11.8 Å². The van der Waals surface area contributed by atoms with Gasteiger partial charge in [0.1, 0.15) is 0 Å². The highest BCUT2D eigenvalue weighted by Gasteiger charge is 2.20. The first kappa shape index (κ1) is 19.7. The third-order valence-corrected chi connectivity index (χ3v) is 5.58. The van der Waals surface area contributed by atoms with Crippen molar-refractivity contribution in [2.75, 3.05) is 43.5 Å². The molecule has 2 heterocycles. The van der Waals surface area contributed by atoms with Gasteiger partial charge in [0.2, 0.25) is 11.9 Å². The number of nitrogens with zero attached hydrogens (tertiary/aromatic N) is 4. The topological polar surface area (TPSA) is 72.3 Å². The van der Waals surface area contributed by atoms with Gasteiger partial charge in [0, 0.05) is 26.2 Å². The lowest BCUT2D eigenvalue weighted by atomic mass is 10.1. The van der Waals surface area contributed by atoms with E-state index >= 15 is 0 Å². The molecule has 3 rings (SSSR count). The van der Waals surface area contributed by atoms with Crippen molar-refractivity contribution < 1.29 is 9.53 Å². The molecule has 0 saturated carbocycles. The molecule has 2 aromatic rings. The second kappa shape index (κ2) is 9.75. The van der Waals surface area contributed by atoms with E-state index in [1.807, 2.05) is 12.1 Å². The van der Waals surface area contributed by atoms with E-state index in [2.05, 4.69) is 51.0 Å². The summed E-state index contributed by atoms with van der Waals surface area (Å²) in [5.41, 5.74) is 2.53. The molecule has 0 aliphatic carbocycles. The van der Waals surface area contributed by atoms with Gasteiger partial charge in [0.05, 0.1) is 19.0 Å². The summed E-state index contributed by atoms with van der Waals surface area (Å²) >= 11 is 1.43. The third-order valence-electron chi connectivity index (χ3n) is 4.62. The van der Waals surface area contributed by atoms with Crippen LogP contribution in [0.4, 0.5) is 5.95 Å². The molecule has 0 spiro atoms. The number of thioether (sulfide) groups is 1. The standard InChI is InChI=1S/C19H27N5O2S/c1-3-24-18(23-10-12-26-13-11-23)21-22-19(24)27-14-17(25)20-9-8-16-7-5-4-6-15(16)2/h4-7H,3,8-14H2,1-2H3,(H,20,25). The van der Waals surface area contributed by atoms with Crippen LogP contribution in [-0.2, 0) is 22.5 Å². The van der Waals surface area contributed by atoms with Crippen molar-refractivity contribution in [3.63, 3.8) is 0 Å². The number of morpholine rings is 1. The van der Waals surface area contributed by atoms with Gasteiger partial charge in [-0.15, -0.1) is 10.2 Å². The molecule has 1 fully saturated rings. The Morgan fingerprint density at radius 2 is 2.04 bits per heavy atom. The van der Waals surface area contributed by atoms with Crippen LogP contribution in [-0.4, -0.2) is 59.3 Å². The Morgan fingerprint density at radius 1 is 1.26 bits per heavy atom. The van der Waals surface area contributed by atoms with Crippen LogP contribution in [0, 0.1) is 6.92 Å². The van der Waals surface area contributed by atoms with Gasteiger partial charge in [-0.2, -0.15) is 0 Å². The summed E-state index contributed by atoms with van der Waals surface area (Å²) in [5, 5.41) is 12.4. The summed E-state index contributed by atoms with van der Waals surface area (Å²) < 4.78 is 7.47. The Labute approximate surface area is 164 Å². The van der Waals surface area contributed by atoms with E-state index in [0.29, 0.717) is 25.5 Å². The maximum atomic E-state index is 12.2. The molecule has 1 aromatic carbocycles. The van der Waals surface area contributed by atoms with Crippen molar-refractivity contribution in [3.8, 4) is 0 Å². The van der Waals surface area contributed by atoms with Crippen LogP contribution in [0.1, 0.15) is 18.1 Å². The molecule has 1 saturated heterocycles. The highest BCUT2D eigenvalue weighted by molar-refractivity contribution is 7.99. The minimum atomic E-state index is 0.0205. The molecule has 1 aromatic heterocycles. The molecular formula is C19H27N5O2S. The molecule has 0 bridgehead atoms. The summed E-state index contributed by atoms with van der Waals surface area (Å²) in [7, 11) is 0. The SMILES string of the molecule is CCn1c(SCC(=O)NCCc2ccccc2C)nnc1N1CCOCC1. The molecule has 27 heavy (non-hydrogen) atoms. The van der Waals surface area contributed by atoms with Crippen LogP contribution in [0.25, 0.3) is 0 Å². The smallest absolute Gasteiger partial charge is 0.230 e. The van der Waals surface area contributed by atoms with Crippen LogP contribution in [0.3, 0.4) is 0 Å². The predicted molar refractivity (Wildman–Crippen MR) is 107 cm³/mol. The highest BCUT2D eigenvalue weighted by atomic mass is 32.2. The minimum Gasteiger partial charge on any atom is -0.378 e. The number of hydrogen-bond acceptors (Lipinski definition) is 6. The summed E-state index contributed by atoms with van der Waals surface area (Å²) in [5.74, 6) is 1.23. The molecule has 7 nitrogen and oxygen atoms in total. The quantitative estimate of drug-likeness (QED) is 0.695. The van der Waals surface area contributed by atoms with Gasteiger partial charge in [-0.25, -0.2) is 0 Å². The van der Waals surface area contributed by atoms with E-state index < -0.39 is 0 Å². The summed E-state index contributed by atoms with van der Waals surface area (Å²) in [4.78, 5) is 14.4. The number of amides is 1. The van der Waals surface area contributed by atoms with Crippen molar-refractivity contribution in [1.29, 1.82) is 0 Å². The normalized spacial score (nSPS) is 14.4. The van der Waals surface area contributed by atoms with Gasteiger partial charge < -0.3 is 15.0 Å². The Balaban J connectivity index is 1.48. The zero-order valence-electron chi connectivity index (χ0n) is 16.0. The number of rotatable bonds is 8. The van der Waals surface area contributed by atoms with Gasteiger partial charge in [0.15, 0.2) is 5.16 Å². The van der Waals surface area contributed by atoms with Gasteiger partial charge in [-0.1, -0.05) is 36.0 Å². The zero-order valence-corrected chi connectivity index (χ0v) is 16.8. The van der Waals surface area contributed by atoms with Crippen LogP contribution < -0.4 is 10.2 Å². The Bertz CT molecular complexity index is 758. The number of hydrogen-bond donors (Lipinski definition) is 1. The van der Waals surface area contributed by atoms with Gasteiger partial charge >= 0.3 is 0 Å². The number of benzene rings is 1. The maximum Gasteiger partial charge on any atom is 0.230 e. The highest BCUT2D eigenvalue weighted by Crippen LogP contribution is 2.22. The van der Waals surface area contributed by atoms with Crippen molar-refractivity contribution in [3.05, 3.63) is 35.4 Å². The summed E-state index contributed by atoms with van der Waals surface area (Å²) in [6.45, 7) is 8.64. The number of carbonyl (C=O) groups excluding carboxylic acids is 1. The lowest BCUT2D eigenvalue weighted by molar-refractivity contribution is -0.118. The van der Waals surface area contributed by atoms with Gasteiger partial charge in [-0.05, 0) is 31.4 Å². The van der Waals surface area contributed by atoms with Gasteiger partial charge in [-0.3, -0.25) is 9.36 Å². The van der Waals surface area contributed by atoms with Crippen molar-refractivity contribution in [1.82, 2.24) is 20.1 Å². The number of nitrogens with one attached hydrogen (secondary N) is 1. The molecule has 0 atom stereocenters. The number of carbonyl (C=O) groups is 1. The molecule has 0 unspecified atom stereocenters. The lowest BCUT2D eigenvalue weighted by Gasteiger charge is -2.27. The number of ether oxygens (including phenoxy) is 1. The second-order valence-corrected chi connectivity index (χ2v) is 7.38. The van der Waals surface area contributed by atoms with Crippen LogP contribution in [0.2, 0.25) is 0 Å². The molecular weight excluding hydrogens is 362 g/mol. The van der Waals surface area contributed by atoms with Crippen LogP contribution in [0.5, 0.6) is 0 Å². The zero-order chi connectivity index (χ0) is 19.1. The summed E-state index contributed by atoms with van der Waals surface area (Å²) in [6.07, 6.45) is 0.843. The number of aromatic nitrogens is 3. The largest absolute Gasteiger partial charge is 0.378 e. The van der Waals surface area contributed by atoms with E-state index in [4.69, 9.17) is 4.74 Å². The first-order valence-corrected chi connectivity index (χ1v) is 10.4. The fourth-order valence-corrected chi connectivity index (χ4v) is 3.90. The molecule has 0 radical (unpaired) electrons. The molecule has 1 N–H and O–H groups in total. The Kier molecular flexibility index (Phi) is 7.11. The fraction of sp³-hybridized carbons (Fsp3) is 0.526. The molecule has 146 valence electrons. The monoisotopic (exact) mass is 389 g/mol. The molecule has 8 heteroatoms. The molecule has 1 aliphatic heterocycles. The first-order valence-electron chi connectivity index (χ1n) is 9.39. The molecule has 1 amide bonds. The van der Waals surface area contributed by atoms with Crippen LogP contribution in [0.15, 0.2) is 29.4 Å². The third kappa shape index (κ3) is 5.23. The number of anilines is 1. The van der Waals surface area contributed by atoms with Crippen molar-refractivity contribution in [2.45, 2.75) is 32.0 Å². The van der Waals surface area contributed by atoms with E-state index in [9.17, 15) is 4.79 Å². The minimum absolute atomic E-state index is 0.0205. The average Bonchev–Trinajstić information content (AvgIpc) is 3.11. The van der Waals surface area contributed by atoms with Crippen molar-refractivity contribution >= 4 is 23.6 Å². The van der Waals surface area contributed by atoms with E-state index in [1.165, 1.54) is 22.9 Å². The van der Waals surface area contributed by atoms with E-state index in [-0.39, 0.29) is 5.91 Å². The maximum absolute atomic E-state index is 12.2.